The maximum Gasteiger partial charge on any atom is 0.418 e. The normalized spacial score (nSPS) is 12.0. The van der Waals surface area contributed by atoms with Gasteiger partial charge in [-0.1, -0.05) is 0 Å². The second-order valence-corrected chi connectivity index (χ2v) is 7.14. The van der Waals surface area contributed by atoms with E-state index in [2.05, 4.69) is 30.6 Å². The first-order chi connectivity index (χ1) is 16.5. The van der Waals surface area contributed by atoms with Crippen LogP contribution in [0.1, 0.15) is 21.7 Å². The zero-order valence-corrected chi connectivity index (χ0v) is 17.7. The molecule has 0 aliphatic rings. The van der Waals surface area contributed by atoms with Gasteiger partial charge in [-0.25, -0.2) is 15.0 Å². The van der Waals surface area contributed by atoms with E-state index in [9.17, 15) is 31.1 Å². The summed E-state index contributed by atoms with van der Waals surface area (Å²) in [5.41, 5.74) is -2.34. The Morgan fingerprint density at radius 1 is 0.857 bits per heavy atom. The molecule has 0 atom stereocenters. The highest BCUT2D eigenvalue weighted by Crippen LogP contribution is 2.36. The summed E-state index contributed by atoms with van der Waals surface area (Å²) in [5.74, 6) is -1.04. The molecule has 0 saturated carbocycles. The molecule has 0 fully saturated rings. The van der Waals surface area contributed by atoms with E-state index in [1.165, 1.54) is 37.5 Å². The molecule has 3 aromatic heterocycles. The Hall–Kier alpha value is -4.29. The molecule has 4 rings (SSSR count). The van der Waals surface area contributed by atoms with Crippen molar-refractivity contribution in [1.29, 1.82) is 0 Å². The fourth-order valence-electron chi connectivity index (χ4n) is 3.17. The molecule has 1 amide bonds. The number of amides is 1. The van der Waals surface area contributed by atoms with Crippen molar-refractivity contribution in [3.63, 3.8) is 0 Å². The predicted molar refractivity (Wildman–Crippen MR) is 114 cm³/mol. The second kappa shape index (κ2) is 8.81. The van der Waals surface area contributed by atoms with Crippen LogP contribution in [0.4, 0.5) is 37.8 Å². The van der Waals surface area contributed by atoms with Gasteiger partial charge in [0.2, 0.25) is 5.82 Å². The average molecular weight is 492 g/mol. The molecule has 0 spiro atoms. The first-order valence-corrected chi connectivity index (χ1v) is 9.85. The first kappa shape index (κ1) is 23.9. The number of nitrogens with zero attached hydrogens (tertiary/aromatic N) is 4. The lowest BCUT2D eigenvalue weighted by molar-refractivity contribution is -0.138. The smallest absolute Gasteiger partial charge is 0.352 e. The number of benzene rings is 1. The number of hydrogen-bond acceptors (Lipinski definition) is 6. The monoisotopic (exact) mass is 492 g/mol. The van der Waals surface area contributed by atoms with Gasteiger partial charge in [0.15, 0.2) is 5.65 Å². The van der Waals surface area contributed by atoms with Crippen LogP contribution in [-0.4, -0.2) is 32.9 Å². The lowest BCUT2D eigenvalue weighted by Crippen LogP contribution is -2.21. The van der Waals surface area contributed by atoms with Crippen LogP contribution in [0.2, 0.25) is 0 Å². The number of hydrogen-bond donors (Lipinski definition) is 2. The summed E-state index contributed by atoms with van der Waals surface area (Å²) in [6, 6.07) is 8.73. The van der Waals surface area contributed by atoms with Gasteiger partial charge in [-0.2, -0.15) is 26.3 Å². The predicted octanol–water partition coefficient (Wildman–Crippen LogP) is 5.23. The zero-order valence-electron chi connectivity index (χ0n) is 17.7. The van der Waals surface area contributed by atoms with Gasteiger partial charge in [0.05, 0.1) is 22.2 Å². The van der Waals surface area contributed by atoms with E-state index in [0.29, 0.717) is 0 Å². The maximum atomic E-state index is 13.4. The van der Waals surface area contributed by atoms with E-state index in [4.69, 9.17) is 0 Å². The van der Waals surface area contributed by atoms with Crippen LogP contribution < -0.4 is 10.6 Å². The number of pyridine rings is 2. The number of carbonyl (C=O) groups excluding carboxylic acids is 1. The minimum atomic E-state index is -4.69. The fraction of sp³-hybridized carbons (Fsp3) is 0.136. The van der Waals surface area contributed by atoms with Gasteiger partial charge in [0, 0.05) is 18.9 Å². The lowest BCUT2D eigenvalue weighted by Gasteiger charge is -2.13. The third-order valence-electron chi connectivity index (χ3n) is 4.82. The summed E-state index contributed by atoms with van der Waals surface area (Å²) < 4.78 is 78.9. The molecule has 3 heterocycles. The van der Waals surface area contributed by atoms with Gasteiger partial charge in [0.1, 0.15) is 11.5 Å². The first-order valence-electron chi connectivity index (χ1n) is 9.85. The number of aromatic nitrogens is 4. The molecular formula is C22H14F6N6O. The molecule has 35 heavy (non-hydrogen) atoms. The lowest BCUT2D eigenvalue weighted by atomic mass is 10.1. The zero-order chi connectivity index (χ0) is 25.4. The molecule has 4 aromatic rings. The highest BCUT2D eigenvalue weighted by molar-refractivity contribution is 5.96. The van der Waals surface area contributed by atoms with Gasteiger partial charge in [0.25, 0.3) is 5.91 Å². The van der Waals surface area contributed by atoms with Crippen LogP contribution in [0.25, 0.3) is 22.4 Å². The van der Waals surface area contributed by atoms with Gasteiger partial charge in [-0.3, -0.25) is 9.78 Å². The number of anilines is 2. The fourth-order valence-corrected chi connectivity index (χ4v) is 3.17. The summed E-state index contributed by atoms with van der Waals surface area (Å²) in [5, 5.41) is 5.35. The Morgan fingerprint density at radius 3 is 2.20 bits per heavy atom. The minimum Gasteiger partial charge on any atom is -0.352 e. The quantitative estimate of drug-likeness (QED) is 0.379. The molecule has 180 valence electrons. The molecule has 0 aliphatic heterocycles. The summed E-state index contributed by atoms with van der Waals surface area (Å²) in [6.45, 7) is 0. The van der Waals surface area contributed by atoms with Crippen LogP contribution >= 0.6 is 0 Å². The molecular weight excluding hydrogens is 478 g/mol. The van der Waals surface area contributed by atoms with Gasteiger partial charge < -0.3 is 10.6 Å². The van der Waals surface area contributed by atoms with E-state index in [-0.39, 0.29) is 34.1 Å². The molecule has 1 aromatic carbocycles. The molecule has 0 aliphatic carbocycles. The third-order valence-corrected chi connectivity index (χ3v) is 4.82. The summed E-state index contributed by atoms with van der Waals surface area (Å²) in [4.78, 5) is 28.3. The van der Waals surface area contributed by atoms with Gasteiger partial charge >= 0.3 is 12.4 Å². The molecule has 0 unspecified atom stereocenters. The van der Waals surface area contributed by atoms with Crippen LogP contribution in [-0.2, 0) is 12.4 Å². The third kappa shape index (κ3) is 4.98. The number of halogens is 6. The van der Waals surface area contributed by atoms with Crippen molar-refractivity contribution in [3.8, 4) is 11.4 Å². The van der Waals surface area contributed by atoms with Crippen LogP contribution in [0.3, 0.4) is 0 Å². The number of rotatable bonds is 4. The maximum absolute atomic E-state index is 13.4. The minimum absolute atomic E-state index is 0.0180. The summed E-state index contributed by atoms with van der Waals surface area (Å²) >= 11 is 0. The second-order valence-electron chi connectivity index (χ2n) is 7.14. The largest absolute Gasteiger partial charge is 0.418 e. The Kier molecular flexibility index (Phi) is 6.01. The number of fused-ring (bicyclic) bond motifs is 1. The van der Waals surface area contributed by atoms with Crippen molar-refractivity contribution in [2.24, 2.45) is 0 Å². The van der Waals surface area contributed by atoms with E-state index in [1.807, 2.05) is 0 Å². The van der Waals surface area contributed by atoms with Crippen molar-refractivity contribution in [1.82, 2.24) is 25.3 Å². The Labute approximate surface area is 193 Å². The van der Waals surface area contributed by atoms with Crippen molar-refractivity contribution in [2.45, 2.75) is 12.4 Å². The van der Waals surface area contributed by atoms with Crippen molar-refractivity contribution in [2.75, 3.05) is 12.4 Å². The van der Waals surface area contributed by atoms with Crippen molar-refractivity contribution < 1.29 is 31.1 Å². The summed E-state index contributed by atoms with van der Waals surface area (Å²) in [7, 11) is 1.33. The average Bonchev–Trinajstić information content (AvgIpc) is 2.82. The standard InChI is InChI=1S/C22H14F6N6O/c1-29-20(35)19-33-17(31-12-6-4-11(5-7-12)21(23,24)25)13-8-9-15(32-18(13)34-19)16-14(22(26,27)28)3-2-10-30-16/h2-10H,1H3,(H,29,35)(H,31,32,33,34). The molecule has 0 saturated heterocycles. The highest BCUT2D eigenvalue weighted by atomic mass is 19.4. The molecule has 0 radical (unpaired) electrons. The molecule has 13 heteroatoms. The number of carbonyl (C=O) groups is 1. The number of nitrogens with one attached hydrogen (secondary N) is 2. The van der Waals surface area contributed by atoms with Gasteiger partial charge in [-0.05, 0) is 48.5 Å². The van der Waals surface area contributed by atoms with Crippen molar-refractivity contribution in [3.05, 3.63) is 71.7 Å². The topological polar surface area (TPSA) is 92.7 Å². The Bertz CT molecular complexity index is 1400. The Balaban J connectivity index is 1.83. The van der Waals surface area contributed by atoms with Crippen LogP contribution in [0.5, 0.6) is 0 Å². The van der Waals surface area contributed by atoms with E-state index in [0.717, 1.165) is 24.3 Å². The summed E-state index contributed by atoms with van der Waals surface area (Å²) in [6.07, 6.45) is -8.02. The molecule has 0 bridgehead atoms. The van der Waals surface area contributed by atoms with E-state index >= 15 is 0 Å². The molecule has 2 N–H and O–H groups in total. The molecule has 7 nitrogen and oxygen atoms in total. The highest BCUT2D eigenvalue weighted by Gasteiger charge is 2.35. The van der Waals surface area contributed by atoms with E-state index in [1.54, 1.807) is 0 Å². The van der Waals surface area contributed by atoms with Crippen LogP contribution in [0, 0.1) is 0 Å². The van der Waals surface area contributed by atoms with Crippen molar-refractivity contribution >= 4 is 28.4 Å². The Morgan fingerprint density at radius 2 is 1.57 bits per heavy atom. The SMILES string of the molecule is CNC(=O)c1nc(Nc2ccc(C(F)(F)F)cc2)c2ccc(-c3ncccc3C(F)(F)F)nc2n1. The number of alkyl halides is 6. The van der Waals surface area contributed by atoms with Crippen LogP contribution in [0.15, 0.2) is 54.7 Å². The van der Waals surface area contributed by atoms with E-state index < -0.39 is 35.1 Å². The van der Waals surface area contributed by atoms with Gasteiger partial charge in [-0.15, -0.1) is 0 Å².